The number of sulfonamides is 1. The number of Topliss-reactive ketones (excluding diaryl/α,β-unsaturated/α-hetero) is 1. The van der Waals surface area contributed by atoms with Gasteiger partial charge in [-0.1, -0.05) is 6.07 Å². The standard InChI is InChI=1S/C24H26N8O3S/c1-13(33)20-21(15-9-16-4-5-17(10-15)32(16)36(2,34)35)30-24-18(12-29-31(24)22(20)25)14-3-6-19(28-11-14)23-26-7-8-27-23/h3,6-8,11-12,15-17H,4-5,9-10,25H2,1-2H3,(H,26,27)/t15-,16-,17+. The molecule has 2 fully saturated rings. The molecular formula is C24H26N8O3S. The molecule has 3 atom stereocenters. The molecule has 3 N–H and O–H groups in total. The van der Waals surface area contributed by atoms with Crippen LogP contribution in [0, 0.1) is 0 Å². The number of fused-ring (bicyclic) bond motifs is 3. The fourth-order valence-corrected chi connectivity index (χ4v) is 7.36. The minimum Gasteiger partial charge on any atom is -0.383 e. The van der Waals surface area contributed by atoms with Crippen molar-refractivity contribution in [3.05, 3.63) is 48.2 Å². The summed E-state index contributed by atoms with van der Waals surface area (Å²) in [5.74, 6) is 0.657. The summed E-state index contributed by atoms with van der Waals surface area (Å²) in [4.78, 5) is 29.5. The molecule has 0 saturated carbocycles. The molecule has 0 amide bonds. The van der Waals surface area contributed by atoms with E-state index in [1.165, 1.54) is 17.7 Å². The number of hydrogen-bond donors (Lipinski definition) is 2. The summed E-state index contributed by atoms with van der Waals surface area (Å²) in [6, 6.07) is 3.60. The Morgan fingerprint density at radius 3 is 2.47 bits per heavy atom. The Balaban J connectivity index is 1.43. The zero-order chi connectivity index (χ0) is 25.2. The molecule has 2 bridgehead atoms. The number of anilines is 1. The quantitative estimate of drug-likeness (QED) is 0.392. The molecule has 36 heavy (non-hydrogen) atoms. The Morgan fingerprint density at radius 2 is 1.89 bits per heavy atom. The van der Waals surface area contributed by atoms with Crippen LogP contribution in [0.2, 0.25) is 0 Å². The van der Waals surface area contributed by atoms with Crippen molar-refractivity contribution in [2.45, 2.75) is 50.6 Å². The van der Waals surface area contributed by atoms with Gasteiger partial charge in [-0.2, -0.15) is 13.9 Å². The van der Waals surface area contributed by atoms with Crippen molar-refractivity contribution in [3.63, 3.8) is 0 Å². The molecule has 4 aromatic rings. The van der Waals surface area contributed by atoms with Gasteiger partial charge in [-0.05, 0) is 38.7 Å². The van der Waals surface area contributed by atoms with Gasteiger partial charge in [-0.15, -0.1) is 0 Å². The molecular weight excluding hydrogens is 480 g/mol. The number of carbonyl (C=O) groups excluding carboxylic acids is 1. The van der Waals surface area contributed by atoms with Gasteiger partial charge in [0.25, 0.3) is 0 Å². The van der Waals surface area contributed by atoms with Crippen LogP contribution in [-0.2, 0) is 10.0 Å². The SMILES string of the molecule is CC(=O)c1c([C@@H]2C[C@H]3CC[C@@H](C2)N3S(C)(=O)=O)nc2c(-c3ccc(-c4ncc[nH]4)nc3)cnn2c1N. The van der Waals surface area contributed by atoms with E-state index in [0.717, 1.165) is 24.0 Å². The van der Waals surface area contributed by atoms with Crippen molar-refractivity contribution >= 4 is 27.3 Å². The molecule has 11 nitrogen and oxygen atoms in total. The Hall–Kier alpha value is -3.64. The van der Waals surface area contributed by atoms with Crippen LogP contribution in [0.1, 0.15) is 54.6 Å². The van der Waals surface area contributed by atoms with Crippen LogP contribution >= 0.6 is 0 Å². The Morgan fingerprint density at radius 1 is 1.14 bits per heavy atom. The van der Waals surface area contributed by atoms with Gasteiger partial charge < -0.3 is 10.7 Å². The minimum absolute atomic E-state index is 0.0751. The molecule has 2 saturated heterocycles. The number of imidazole rings is 1. The van der Waals surface area contributed by atoms with E-state index >= 15 is 0 Å². The second kappa shape index (κ2) is 8.20. The normalized spacial score (nSPS) is 22.3. The van der Waals surface area contributed by atoms with E-state index in [0.29, 0.717) is 41.3 Å². The Kier molecular flexibility index (Phi) is 5.20. The number of pyridine rings is 1. The van der Waals surface area contributed by atoms with Gasteiger partial charge in [0, 0.05) is 47.7 Å². The zero-order valence-electron chi connectivity index (χ0n) is 19.9. The molecule has 4 aromatic heterocycles. The minimum atomic E-state index is -3.30. The number of nitrogens with one attached hydrogen (secondary N) is 1. The third-order valence-electron chi connectivity index (χ3n) is 7.31. The molecule has 6 rings (SSSR count). The average molecular weight is 507 g/mol. The van der Waals surface area contributed by atoms with Gasteiger partial charge in [0.05, 0.1) is 23.7 Å². The first kappa shape index (κ1) is 22.8. The summed E-state index contributed by atoms with van der Waals surface area (Å²) in [5.41, 5.74) is 10.3. The fourth-order valence-electron chi connectivity index (χ4n) is 5.89. The molecule has 2 aliphatic rings. The number of aromatic amines is 1. The molecule has 0 unspecified atom stereocenters. The summed E-state index contributed by atoms with van der Waals surface area (Å²) < 4.78 is 27.9. The van der Waals surface area contributed by atoms with Crippen molar-refractivity contribution in [1.29, 1.82) is 0 Å². The van der Waals surface area contributed by atoms with Crippen LogP contribution in [0.4, 0.5) is 5.82 Å². The molecule has 186 valence electrons. The summed E-state index contributed by atoms with van der Waals surface area (Å²) >= 11 is 0. The van der Waals surface area contributed by atoms with Crippen molar-refractivity contribution in [1.82, 2.24) is 33.9 Å². The molecule has 0 spiro atoms. The third-order valence-corrected chi connectivity index (χ3v) is 8.68. The first-order chi connectivity index (χ1) is 17.2. The maximum Gasteiger partial charge on any atom is 0.211 e. The molecule has 0 aliphatic carbocycles. The lowest BCUT2D eigenvalue weighted by atomic mass is 9.86. The molecule has 2 aliphatic heterocycles. The van der Waals surface area contributed by atoms with Gasteiger partial charge in [0.15, 0.2) is 17.3 Å². The van der Waals surface area contributed by atoms with Crippen molar-refractivity contribution in [3.8, 4) is 22.6 Å². The first-order valence-corrected chi connectivity index (χ1v) is 13.7. The predicted molar refractivity (Wildman–Crippen MR) is 134 cm³/mol. The maximum absolute atomic E-state index is 12.7. The van der Waals surface area contributed by atoms with Gasteiger partial charge in [0.2, 0.25) is 10.0 Å². The number of rotatable bonds is 5. The van der Waals surface area contributed by atoms with Crippen molar-refractivity contribution < 1.29 is 13.2 Å². The third kappa shape index (κ3) is 3.59. The van der Waals surface area contributed by atoms with Crippen LogP contribution in [0.5, 0.6) is 0 Å². The van der Waals surface area contributed by atoms with Gasteiger partial charge in [-0.3, -0.25) is 9.78 Å². The predicted octanol–water partition coefficient (Wildman–Crippen LogP) is 2.64. The number of H-pyrrole nitrogens is 1. The average Bonchev–Trinajstić information content (AvgIpc) is 3.57. The summed E-state index contributed by atoms with van der Waals surface area (Å²) in [6.07, 6.45) is 10.9. The summed E-state index contributed by atoms with van der Waals surface area (Å²) in [7, 11) is -3.30. The van der Waals surface area contributed by atoms with E-state index < -0.39 is 10.0 Å². The largest absolute Gasteiger partial charge is 0.383 e. The highest BCUT2D eigenvalue weighted by Gasteiger charge is 2.46. The molecule has 6 heterocycles. The van der Waals surface area contributed by atoms with Crippen LogP contribution in [0.3, 0.4) is 0 Å². The maximum atomic E-state index is 12.7. The monoisotopic (exact) mass is 506 g/mol. The Bertz CT molecular complexity index is 1560. The van der Waals surface area contributed by atoms with E-state index in [-0.39, 0.29) is 29.6 Å². The highest BCUT2D eigenvalue weighted by atomic mass is 32.2. The molecule has 0 radical (unpaired) electrons. The number of carbonyl (C=O) groups is 1. The van der Waals surface area contributed by atoms with Crippen LogP contribution in [0.25, 0.3) is 28.3 Å². The first-order valence-electron chi connectivity index (χ1n) is 11.8. The highest BCUT2D eigenvalue weighted by molar-refractivity contribution is 7.88. The van der Waals surface area contributed by atoms with Crippen LogP contribution in [-0.4, -0.2) is 66.4 Å². The van der Waals surface area contributed by atoms with E-state index in [9.17, 15) is 13.2 Å². The number of nitrogen functional groups attached to an aromatic ring is 1. The van der Waals surface area contributed by atoms with Crippen molar-refractivity contribution in [2.75, 3.05) is 12.0 Å². The number of ketones is 1. The second-order valence-corrected chi connectivity index (χ2v) is 11.5. The smallest absolute Gasteiger partial charge is 0.211 e. The van der Waals surface area contributed by atoms with Gasteiger partial charge in [-0.25, -0.2) is 18.4 Å². The van der Waals surface area contributed by atoms with Crippen molar-refractivity contribution in [2.24, 2.45) is 0 Å². The summed E-state index contributed by atoms with van der Waals surface area (Å²) in [6.45, 7) is 1.48. The lowest BCUT2D eigenvalue weighted by molar-refractivity contribution is 0.101. The molecule has 0 aromatic carbocycles. The van der Waals surface area contributed by atoms with Gasteiger partial charge >= 0.3 is 0 Å². The van der Waals surface area contributed by atoms with E-state index in [1.807, 2.05) is 12.1 Å². The van der Waals surface area contributed by atoms with Gasteiger partial charge in [0.1, 0.15) is 11.5 Å². The number of nitrogens with zero attached hydrogens (tertiary/aromatic N) is 6. The lowest BCUT2D eigenvalue weighted by Crippen LogP contribution is -2.45. The van der Waals surface area contributed by atoms with E-state index in [2.05, 4.69) is 20.1 Å². The van der Waals surface area contributed by atoms with Crippen LogP contribution < -0.4 is 5.73 Å². The zero-order valence-corrected chi connectivity index (χ0v) is 20.7. The number of hydrogen-bond acceptors (Lipinski definition) is 8. The highest BCUT2D eigenvalue weighted by Crippen LogP contribution is 2.45. The fraction of sp³-hybridized carbons (Fsp3) is 0.375. The number of aromatic nitrogens is 6. The molecule has 12 heteroatoms. The summed E-state index contributed by atoms with van der Waals surface area (Å²) in [5, 5.41) is 4.43. The van der Waals surface area contributed by atoms with E-state index in [4.69, 9.17) is 10.7 Å². The lowest BCUT2D eigenvalue weighted by Gasteiger charge is -2.37. The van der Waals surface area contributed by atoms with E-state index in [1.54, 1.807) is 29.1 Å². The number of nitrogens with two attached hydrogens (primary N) is 1. The number of piperidine rings is 1. The second-order valence-electron chi connectivity index (χ2n) is 9.62. The Labute approximate surface area is 207 Å². The van der Waals surface area contributed by atoms with Crippen LogP contribution in [0.15, 0.2) is 36.9 Å². The topological polar surface area (TPSA) is 152 Å².